The summed E-state index contributed by atoms with van der Waals surface area (Å²) in [4.78, 5) is 10.1. The molecule has 30 heavy (non-hydrogen) atoms. The van der Waals surface area contributed by atoms with Crippen LogP contribution in [-0.2, 0) is 23.6 Å². The second-order valence-corrected chi connectivity index (χ2v) is 7.50. The van der Waals surface area contributed by atoms with Crippen LogP contribution in [0.15, 0.2) is 18.5 Å². The van der Waals surface area contributed by atoms with Crippen LogP contribution in [0, 0.1) is 0 Å². The molecule has 1 heterocycles. The molecular formula is C20H38FeN4O5+3. The normalized spacial score (nSPS) is 14.7. The van der Waals surface area contributed by atoms with Crippen LogP contribution in [0.4, 0.5) is 0 Å². The summed E-state index contributed by atoms with van der Waals surface area (Å²) in [6.07, 6.45) is 1.66. The molecule has 1 radical (unpaired) electrons. The van der Waals surface area contributed by atoms with E-state index in [9.17, 15) is 25.5 Å². The first-order valence-electron chi connectivity index (χ1n) is 10.2. The van der Waals surface area contributed by atoms with Crippen molar-refractivity contribution in [2.24, 2.45) is 0 Å². The molecule has 1 rings (SSSR count). The Morgan fingerprint density at radius 2 is 1.67 bits per heavy atom. The van der Waals surface area contributed by atoms with Crippen LogP contribution in [0.1, 0.15) is 19.4 Å². The Balaban J connectivity index is 0.00000841. The predicted molar refractivity (Wildman–Crippen MR) is 112 cm³/mol. The Labute approximate surface area is 190 Å². The van der Waals surface area contributed by atoms with Gasteiger partial charge in [0.15, 0.2) is 0 Å². The monoisotopic (exact) mass is 470 g/mol. The van der Waals surface area contributed by atoms with E-state index < -0.39 is 24.9 Å². The molecule has 1 aromatic rings. The molecular weight excluding hydrogens is 432 g/mol. The van der Waals surface area contributed by atoms with Gasteiger partial charge in [-0.15, -0.1) is 0 Å². The number of pyridine rings is 1. The number of hydrogen-bond acceptors (Lipinski definition) is 9. The topological polar surface area (TPSA) is 124 Å². The molecule has 3 atom stereocenters. The first-order valence-corrected chi connectivity index (χ1v) is 10.2. The minimum absolute atomic E-state index is 0. The number of aliphatic hydroxyl groups excluding tert-OH is 4. The van der Waals surface area contributed by atoms with Crippen molar-refractivity contribution < 1.29 is 42.6 Å². The molecule has 0 aromatic carbocycles. The van der Waals surface area contributed by atoms with Gasteiger partial charge in [-0.2, -0.15) is 0 Å². The van der Waals surface area contributed by atoms with Gasteiger partial charge in [0.05, 0.1) is 37.7 Å². The summed E-state index contributed by atoms with van der Waals surface area (Å²) < 4.78 is 0. The van der Waals surface area contributed by atoms with Crippen LogP contribution in [-0.4, -0.2) is 123 Å². The molecule has 0 saturated carbocycles. The SMILES string of the molecule is CCN(CCN(CCN(C)[C@H](CO)[C@H](O)CO)Cc1ccncc1O)C[C@H](C)O.[Fe+3]. The van der Waals surface area contributed by atoms with Crippen molar-refractivity contribution in [2.75, 3.05) is 59.5 Å². The van der Waals surface area contributed by atoms with E-state index in [4.69, 9.17) is 0 Å². The second kappa shape index (κ2) is 15.9. The van der Waals surface area contributed by atoms with Gasteiger partial charge in [0.1, 0.15) is 5.75 Å². The summed E-state index contributed by atoms with van der Waals surface area (Å²) in [6.45, 7) is 7.81. The number of aromatic hydroxyl groups is 1. The van der Waals surface area contributed by atoms with Gasteiger partial charge in [0.25, 0.3) is 0 Å². The molecule has 173 valence electrons. The molecule has 0 unspecified atom stereocenters. The van der Waals surface area contributed by atoms with Crippen molar-refractivity contribution in [3.05, 3.63) is 24.0 Å². The van der Waals surface area contributed by atoms with E-state index in [0.29, 0.717) is 26.2 Å². The van der Waals surface area contributed by atoms with Gasteiger partial charge >= 0.3 is 17.1 Å². The minimum Gasteiger partial charge on any atom is -0.506 e. The molecule has 0 amide bonds. The molecule has 0 aliphatic carbocycles. The van der Waals surface area contributed by atoms with Crippen LogP contribution < -0.4 is 0 Å². The summed E-state index contributed by atoms with van der Waals surface area (Å²) in [5.74, 6) is 0.145. The first-order chi connectivity index (χ1) is 13.8. The molecule has 0 bridgehead atoms. The summed E-state index contributed by atoms with van der Waals surface area (Å²) >= 11 is 0. The van der Waals surface area contributed by atoms with E-state index in [2.05, 4.69) is 21.7 Å². The van der Waals surface area contributed by atoms with Crippen molar-refractivity contribution in [1.82, 2.24) is 19.7 Å². The smallest absolute Gasteiger partial charge is 0.506 e. The Bertz CT molecular complexity index is 570. The Morgan fingerprint density at radius 1 is 1.03 bits per heavy atom. The summed E-state index contributed by atoms with van der Waals surface area (Å²) in [5.41, 5.74) is 0.773. The zero-order valence-electron chi connectivity index (χ0n) is 18.2. The van der Waals surface area contributed by atoms with Crippen molar-refractivity contribution in [2.45, 2.75) is 38.6 Å². The number of rotatable bonds is 15. The Morgan fingerprint density at radius 3 is 2.20 bits per heavy atom. The average molecular weight is 470 g/mol. The van der Waals surface area contributed by atoms with Crippen molar-refractivity contribution >= 4 is 0 Å². The maximum absolute atomic E-state index is 10.1. The molecule has 0 aliphatic heterocycles. The predicted octanol–water partition coefficient (Wildman–Crippen LogP) is -1.06. The first kappa shape index (κ1) is 29.2. The Kier molecular flexibility index (Phi) is 15.5. The fourth-order valence-corrected chi connectivity index (χ4v) is 3.24. The van der Waals surface area contributed by atoms with Gasteiger partial charge in [-0.25, -0.2) is 0 Å². The largest absolute Gasteiger partial charge is 3.00 e. The number of hydrogen-bond donors (Lipinski definition) is 5. The fraction of sp³-hybridized carbons (Fsp3) is 0.750. The van der Waals surface area contributed by atoms with E-state index in [1.807, 2.05) is 4.90 Å². The third-order valence-electron chi connectivity index (χ3n) is 5.14. The molecule has 5 N–H and O–H groups in total. The molecule has 0 fully saturated rings. The standard InChI is InChI=1S/C20H38N4O5.Fe/c1-4-23(12-16(2)27)9-10-24(13-17-5-6-21-11-19(17)28)8-7-22(3)18(14-25)20(29)15-26;/h5-6,11,16,18,20,25-29H,4,7-10,12-15H2,1-3H3;/q;+3/t16-,18+,20+;/m0./s1. The van der Waals surface area contributed by atoms with Gasteiger partial charge in [-0.3, -0.25) is 19.7 Å². The van der Waals surface area contributed by atoms with Crippen LogP contribution in [0.2, 0.25) is 0 Å². The van der Waals surface area contributed by atoms with Crippen molar-refractivity contribution in [1.29, 1.82) is 0 Å². The minimum atomic E-state index is -1.01. The van der Waals surface area contributed by atoms with Crippen LogP contribution >= 0.6 is 0 Å². The van der Waals surface area contributed by atoms with E-state index in [-0.39, 0.29) is 29.4 Å². The van der Waals surface area contributed by atoms with Gasteiger partial charge < -0.3 is 25.5 Å². The maximum Gasteiger partial charge on any atom is 3.00 e. The zero-order valence-corrected chi connectivity index (χ0v) is 19.3. The molecule has 0 spiro atoms. The number of aromatic nitrogens is 1. The van der Waals surface area contributed by atoms with Gasteiger partial charge in [0, 0.05) is 51.0 Å². The molecule has 1 aromatic heterocycles. The molecule has 9 nitrogen and oxygen atoms in total. The van der Waals surface area contributed by atoms with Gasteiger partial charge in [-0.05, 0) is 26.6 Å². The number of nitrogens with zero attached hydrogens (tertiary/aromatic N) is 4. The number of aliphatic hydroxyl groups is 4. The molecule has 0 saturated heterocycles. The van der Waals surface area contributed by atoms with Crippen LogP contribution in [0.25, 0.3) is 0 Å². The van der Waals surface area contributed by atoms with Crippen molar-refractivity contribution in [3.8, 4) is 5.75 Å². The molecule has 10 heteroatoms. The zero-order chi connectivity index (χ0) is 21.8. The summed E-state index contributed by atoms with van der Waals surface area (Å²) in [7, 11) is 1.80. The third kappa shape index (κ3) is 10.5. The average Bonchev–Trinajstić information content (AvgIpc) is 2.70. The van der Waals surface area contributed by atoms with Crippen LogP contribution in [0.5, 0.6) is 5.75 Å². The van der Waals surface area contributed by atoms with E-state index in [1.54, 1.807) is 26.2 Å². The summed E-state index contributed by atoms with van der Waals surface area (Å²) in [5, 5.41) is 48.3. The fourth-order valence-electron chi connectivity index (χ4n) is 3.24. The van der Waals surface area contributed by atoms with E-state index in [1.165, 1.54) is 6.20 Å². The quantitative estimate of drug-likeness (QED) is 0.204. The van der Waals surface area contributed by atoms with Crippen molar-refractivity contribution in [3.63, 3.8) is 0 Å². The second-order valence-electron chi connectivity index (χ2n) is 7.50. The molecule has 0 aliphatic rings. The van der Waals surface area contributed by atoms with Gasteiger partial charge in [-0.1, -0.05) is 6.92 Å². The van der Waals surface area contributed by atoms with E-state index >= 15 is 0 Å². The van der Waals surface area contributed by atoms with Crippen LogP contribution in [0.3, 0.4) is 0 Å². The van der Waals surface area contributed by atoms with Gasteiger partial charge in [0.2, 0.25) is 0 Å². The maximum atomic E-state index is 10.1. The Hall–Kier alpha value is -0.811. The van der Waals surface area contributed by atoms with E-state index in [0.717, 1.165) is 25.2 Å². The number of likely N-dealkylation sites (N-methyl/N-ethyl adjacent to an activating group) is 2. The third-order valence-corrected chi connectivity index (χ3v) is 5.14. The summed E-state index contributed by atoms with van der Waals surface area (Å²) in [6, 6.07) is 1.24.